The van der Waals surface area contributed by atoms with Gasteiger partial charge in [-0.2, -0.15) is 70.2 Å². The van der Waals surface area contributed by atoms with Crippen LogP contribution in [0.5, 0.6) is 0 Å². The Kier molecular flexibility index (Phi) is 6.58. The minimum atomic E-state index is -8.49. The molecular formula is C7HF16NO4S2. The van der Waals surface area contributed by atoms with Crippen molar-refractivity contribution < 1.29 is 87.1 Å². The number of alkyl halides is 16. The van der Waals surface area contributed by atoms with Crippen LogP contribution >= 0.6 is 0 Å². The Morgan fingerprint density at radius 2 is 0.633 bits per heavy atom. The minimum absolute atomic E-state index is 1.50. The van der Waals surface area contributed by atoms with Gasteiger partial charge in [0.25, 0.3) is 20.0 Å². The number of nitrogens with one attached hydrogen (secondary N) is 1. The predicted octanol–water partition coefficient (Wildman–Crippen LogP) is 3.45. The highest BCUT2D eigenvalue weighted by atomic mass is 32.3. The van der Waals surface area contributed by atoms with Gasteiger partial charge in [-0.3, -0.25) is 0 Å². The summed E-state index contributed by atoms with van der Waals surface area (Å²) in [7, 11) is -16.9. The lowest BCUT2D eigenvalue weighted by Crippen LogP contribution is -2.67. The van der Waals surface area contributed by atoms with Gasteiger partial charge in [-0.25, -0.2) is 16.8 Å². The zero-order chi connectivity index (χ0) is 25.2. The predicted molar refractivity (Wildman–Crippen MR) is 57.8 cm³/mol. The molecule has 0 saturated carbocycles. The SMILES string of the molecule is O=S(=O)(NS(=O)(=O)C(F)(F)C(F)(F)C(F)(F)C(F)(F)F)C(F)(F)C(F)(F)C(F)(F)F. The Morgan fingerprint density at radius 3 is 0.867 bits per heavy atom. The van der Waals surface area contributed by atoms with E-state index in [9.17, 15) is 87.1 Å². The summed E-state index contributed by atoms with van der Waals surface area (Å²) in [6.45, 7) is 0. The van der Waals surface area contributed by atoms with Gasteiger partial charge in [0.1, 0.15) is 0 Å². The fraction of sp³-hybridized carbons (Fsp3) is 1.00. The molecule has 0 radical (unpaired) electrons. The topological polar surface area (TPSA) is 80.3 Å². The molecule has 0 aliphatic heterocycles. The Balaban J connectivity index is 6.57. The van der Waals surface area contributed by atoms with E-state index in [1.165, 1.54) is 0 Å². The molecule has 0 saturated heterocycles. The Morgan fingerprint density at radius 1 is 0.400 bits per heavy atom. The van der Waals surface area contributed by atoms with E-state index < -0.39 is 64.8 Å². The number of rotatable bonds is 7. The highest BCUT2D eigenvalue weighted by Gasteiger charge is 2.86. The van der Waals surface area contributed by atoms with Gasteiger partial charge in [0.2, 0.25) is 0 Å². The molecule has 5 nitrogen and oxygen atoms in total. The third-order valence-electron chi connectivity index (χ3n) is 2.73. The fourth-order valence-electron chi connectivity index (χ4n) is 1.11. The van der Waals surface area contributed by atoms with E-state index in [-0.39, 0.29) is 0 Å². The van der Waals surface area contributed by atoms with E-state index in [2.05, 4.69) is 0 Å². The standard InChI is InChI=1S/C7HF16NO4S2/c8-1(9,4(14,15)16)2(10,11)6(20,21)29(25,26)24-30(27,28)7(22,23)3(12,13)5(17,18)19/h24H. The maximum Gasteiger partial charge on any atom is 0.461 e. The molecule has 0 aliphatic rings. The van der Waals surface area contributed by atoms with Gasteiger partial charge in [0.15, 0.2) is 0 Å². The quantitative estimate of drug-likeness (QED) is 0.511. The molecule has 0 fully saturated rings. The molecule has 0 bridgehead atoms. The fourth-order valence-corrected chi connectivity index (χ4v) is 4.02. The van der Waals surface area contributed by atoms with E-state index in [1.54, 1.807) is 0 Å². The molecule has 0 unspecified atom stereocenters. The summed E-state index contributed by atoms with van der Waals surface area (Å²) in [5, 5.41) is -15.8. The molecule has 0 aromatic carbocycles. The summed E-state index contributed by atoms with van der Waals surface area (Å²) >= 11 is 0. The van der Waals surface area contributed by atoms with Gasteiger partial charge in [-0.1, -0.05) is 4.13 Å². The third kappa shape index (κ3) is 3.86. The lowest BCUT2D eigenvalue weighted by Gasteiger charge is -2.33. The Hall–Kier alpha value is -1.26. The van der Waals surface area contributed by atoms with Crippen LogP contribution in [0.1, 0.15) is 0 Å². The van der Waals surface area contributed by atoms with Crippen molar-refractivity contribution in [2.45, 2.75) is 40.6 Å². The zero-order valence-corrected chi connectivity index (χ0v) is 14.1. The van der Waals surface area contributed by atoms with E-state index in [0.29, 0.717) is 0 Å². The number of halogens is 16. The van der Waals surface area contributed by atoms with Crippen LogP contribution in [0.3, 0.4) is 0 Å². The molecule has 0 rings (SSSR count). The molecular weight excluding hydrogens is 530 g/mol. The van der Waals surface area contributed by atoms with E-state index in [4.69, 9.17) is 0 Å². The maximum atomic E-state index is 13.2. The molecule has 1 N–H and O–H groups in total. The van der Waals surface area contributed by atoms with Crippen LogP contribution in [0, 0.1) is 0 Å². The molecule has 0 aromatic heterocycles. The van der Waals surface area contributed by atoms with Crippen LogP contribution in [0.4, 0.5) is 70.2 Å². The van der Waals surface area contributed by atoms with Crippen LogP contribution in [0.15, 0.2) is 0 Å². The lowest BCUT2D eigenvalue weighted by atomic mass is 10.1. The summed E-state index contributed by atoms with van der Waals surface area (Å²) in [5.41, 5.74) is 0. The number of hydrogen-bond donors (Lipinski definition) is 1. The largest absolute Gasteiger partial charge is 0.461 e. The van der Waals surface area contributed by atoms with Gasteiger partial charge >= 0.3 is 40.6 Å². The van der Waals surface area contributed by atoms with Crippen molar-refractivity contribution in [3.05, 3.63) is 0 Å². The van der Waals surface area contributed by atoms with E-state index in [1.807, 2.05) is 0 Å². The number of sulfonamides is 2. The second kappa shape index (κ2) is 6.87. The molecule has 30 heavy (non-hydrogen) atoms. The average molecular weight is 531 g/mol. The highest BCUT2D eigenvalue weighted by molar-refractivity contribution is 8.05. The summed E-state index contributed by atoms with van der Waals surface area (Å²) in [4.78, 5) is 0. The first kappa shape index (κ1) is 28.7. The van der Waals surface area contributed by atoms with Crippen LogP contribution in [0.25, 0.3) is 0 Å². The number of hydrogen-bond acceptors (Lipinski definition) is 4. The molecule has 0 amide bonds. The van der Waals surface area contributed by atoms with Crippen LogP contribution in [-0.4, -0.2) is 57.5 Å². The van der Waals surface area contributed by atoms with Crippen LogP contribution in [0.2, 0.25) is 0 Å². The van der Waals surface area contributed by atoms with E-state index in [0.717, 1.165) is 0 Å². The molecule has 182 valence electrons. The van der Waals surface area contributed by atoms with Crippen molar-refractivity contribution in [3.8, 4) is 0 Å². The second-order valence-electron chi connectivity index (χ2n) is 4.84. The Labute approximate surface area is 153 Å². The molecule has 23 heteroatoms. The molecule has 0 atom stereocenters. The van der Waals surface area contributed by atoms with Crippen molar-refractivity contribution in [1.82, 2.24) is 4.13 Å². The normalized spacial score (nSPS) is 16.7. The maximum absolute atomic E-state index is 13.2. The first-order chi connectivity index (χ1) is 12.5. The van der Waals surface area contributed by atoms with Crippen molar-refractivity contribution >= 4 is 20.0 Å². The van der Waals surface area contributed by atoms with Crippen LogP contribution < -0.4 is 4.13 Å². The van der Waals surface area contributed by atoms with Crippen LogP contribution in [-0.2, 0) is 20.0 Å². The summed E-state index contributed by atoms with van der Waals surface area (Å²) in [5.74, 6) is -24.0. The van der Waals surface area contributed by atoms with Crippen molar-refractivity contribution in [2.75, 3.05) is 0 Å². The summed E-state index contributed by atoms with van der Waals surface area (Å²) in [6.07, 6.45) is -15.2. The summed E-state index contributed by atoms with van der Waals surface area (Å²) < 4.78 is 241. The van der Waals surface area contributed by atoms with Gasteiger partial charge in [0, 0.05) is 0 Å². The van der Waals surface area contributed by atoms with Gasteiger partial charge in [-0.05, 0) is 0 Å². The first-order valence-corrected chi connectivity index (χ1v) is 8.72. The Bertz CT molecular complexity index is 866. The molecule has 0 aliphatic carbocycles. The van der Waals surface area contributed by atoms with E-state index >= 15 is 0 Å². The first-order valence-electron chi connectivity index (χ1n) is 5.76. The smallest absolute Gasteiger partial charge is 0.205 e. The zero-order valence-electron chi connectivity index (χ0n) is 12.5. The summed E-state index contributed by atoms with van der Waals surface area (Å²) in [6, 6.07) is 0. The monoisotopic (exact) mass is 531 g/mol. The molecule has 0 aromatic rings. The van der Waals surface area contributed by atoms with Gasteiger partial charge in [-0.15, -0.1) is 0 Å². The second-order valence-corrected chi connectivity index (χ2v) is 8.55. The third-order valence-corrected chi connectivity index (χ3v) is 6.35. The van der Waals surface area contributed by atoms with Gasteiger partial charge < -0.3 is 0 Å². The minimum Gasteiger partial charge on any atom is -0.205 e. The van der Waals surface area contributed by atoms with Crippen molar-refractivity contribution in [1.29, 1.82) is 0 Å². The average Bonchev–Trinajstić information content (AvgIpc) is 2.42. The lowest BCUT2D eigenvalue weighted by molar-refractivity contribution is -0.382. The van der Waals surface area contributed by atoms with Gasteiger partial charge in [0.05, 0.1) is 0 Å². The molecule has 0 spiro atoms. The van der Waals surface area contributed by atoms with Crippen molar-refractivity contribution in [3.63, 3.8) is 0 Å². The highest BCUT2D eigenvalue weighted by Crippen LogP contribution is 2.55. The van der Waals surface area contributed by atoms with Crippen molar-refractivity contribution in [2.24, 2.45) is 0 Å². The molecule has 0 heterocycles.